The molecule has 2 aromatic carbocycles. The molecule has 0 spiro atoms. The van der Waals surface area contributed by atoms with E-state index in [9.17, 15) is 16.8 Å². The first-order chi connectivity index (χ1) is 13.3. The molecule has 0 saturated carbocycles. The summed E-state index contributed by atoms with van der Waals surface area (Å²) in [6, 6.07) is 12.1. The zero-order chi connectivity index (χ0) is 20.2. The predicted molar refractivity (Wildman–Crippen MR) is 110 cm³/mol. The number of aliphatic imine (C=N–C) groups is 1. The van der Waals surface area contributed by atoms with E-state index in [1.165, 1.54) is 36.4 Å². The molecule has 0 saturated heterocycles. The van der Waals surface area contributed by atoms with Gasteiger partial charge in [-0.05, 0) is 56.2 Å². The van der Waals surface area contributed by atoms with Crippen LogP contribution >= 0.6 is 0 Å². The smallest absolute Gasteiger partial charge is 0.262 e. The fourth-order valence-corrected chi connectivity index (χ4v) is 4.95. The highest BCUT2D eigenvalue weighted by Gasteiger charge is 2.18. The molecule has 0 radical (unpaired) electrons. The normalized spacial score (nSPS) is 15.4. The first kappa shape index (κ1) is 20.3. The lowest BCUT2D eigenvalue weighted by atomic mass is 10.2. The second-order valence-corrected chi connectivity index (χ2v) is 10.1. The lowest BCUT2D eigenvalue weighted by Gasteiger charge is -2.11. The average Bonchev–Trinajstić information content (AvgIpc) is 2.90. The van der Waals surface area contributed by atoms with Gasteiger partial charge in [0.1, 0.15) is 5.84 Å². The summed E-state index contributed by atoms with van der Waals surface area (Å²) in [6.45, 7) is 2.50. The Morgan fingerprint density at radius 3 is 1.96 bits per heavy atom. The largest absolute Gasteiger partial charge is 0.280 e. The summed E-state index contributed by atoms with van der Waals surface area (Å²) >= 11 is 0. The van der Waals surface area contributed by atoms with Gasteiger partial charge >= 0.3 is 0 Å². The highest BCUT2D eigenvalue weighted by Crippen LogP contribution is 2.19. The molecule has 0 aromatic heterocycles. The maximum Gasteiger partial charge on any atom is 0.262 e. The van der Waals surface area contributed by atoms with Crippen molar-refractivity contribution in [3.63, 3.8) is 0 Å². The number of nitrogens with zero attached hydrogens (tertiary/aromatic N) is 1. The van der Waals surface area contributed by atoms with Crippen molar-refractivity contribution in [1.29, 1.82) is 0 Å². The minimum absolute atomic E-state index is 0.0535. The Kier molecular flexibility index (Phi) is 6.04. The van der Waals surface area contributed by atoms with E-state index >= 15 is 0 Å². The molecule has 7 nitrogen and oxygen atoms in total. The fraction of sp³-hybridized carbons (Fsp3) is 0.316. The number of hydrogen-bond donors (Lipinski definition) is 2. The van der Waals surface area contributed by atoms with Gasteiger partial charge < -0.3 is 0 Å². The van der Waals surface area contributed by atoms with Crippen LogP contribution in [0.2, 0.25) is 0 Å². The molecule has 0 fully saturated rings. The molecular formula is C19H23N3O4S2. The van der Waals surface area contributed by atoms with E-state index in [0.29, 0.717) is 18.8 Å². The quantitative estimate of drug-likeness (QED) is 0.774. The summed E-state index contributed by atoms with van der Waals surface area (Å²) in [5.41, 5.74) is 1.24. The Morgan fingerprint density at radius 1 is 0.750 bits per heavy atom. The maximum absolute atomic E-state index is 12.5. The van der Waals surface area contributed by atoms with Gasteiger partial charge in [-0.1, -0.05) is 24.1 Å². The third-order valence-corrected chi connectivity index (χ3v) is 7.17. The van der Waals surface area contributed by atoms with Gasteiger partial charge in [0.25, 0.3) is 20.0 Å². The summed E-state index contributed by atoms with van der Waals surface area (Å²) < 4.78 is 54.9. The van der Waals surface area contributed by atoms with Gasteiger partial charge in [-0.3, -0.25) is 14.4 Å². The standard InChI is InChI=1S/C19H23N3O4S2/c1-15-6-10-17(11-7-15)27(23,24)21-16-8-12-18(13-9-16)28(25,26)22-19-5-3-2-4-14-20-19/h6-13,21H,2-5,14H2,1H3,(H,20,22). The third kappa shape index (κ3) is 5.11. The molecule has 2 aromatic rings. The molecule has 1 heterocycles. The first-order valence-electron chi connectivity index (χ1n) is 9.02. The maximum atomic E-state index is 12.5. The molecule has 0 aliphatic carbocycles. The van der Waals surface area contributed by atoms with Crippen molar-refractivity contribution in [1.82, 2.24) is 4.72 Å². The van der Waals surface area contributed by atoms with E-state index in [0.717, 1.165) is 24.8 Å². The second-order valence-electron chi connectivity index (χ2n) is 6.69. The van der Waals surface area contributed by atoms with Crippen molar-refractivity contribution in [3.05, 3.63) is 54.1 Å². The van der Waals surface area contributed by atoms with Crippen LogP contribution in [-0.2, 0) is 20.0 Å². The minimum Gasteiger partial charge on any atom is -0.280 e. The highest BCUT2D eigenvalue weighted by molar-refractivity contribution is 7.92. The Morgan fingerprint density at radius 2 is 1.32 bits per heavy atom. The van der Waals surface area contributed by atoms with Crippen molar-refractivity contribution in [3.8, 4) is 0 Å². The van der Waals surface area contributed by atoms with Crippen LogP contribution in [0.25, 0.3) is 0 Å². The summed E-state index contributed by atoms with van der Waals surface area (Å²) in [7, 11) is -7.49. The van der Waals surface area contributed by atoms with Gasteiger partial charge in [0.15, 0.2) is 0 Å². The van der Waals surface area contributed by atoms with Crippen molar-refractivity contribution in [2.45, 2.75) is 42.4 Å². The number of rotatable bonds is 5. The number of sulfonamides is 2. The van der Waals surface area contributed by atoms with Crippen LogP contribution in [0.3, 0.4) is 0 Å². The van der Waals surface area contributed by atoms with Crippen LogP contribution in [0, 0.1) is 6.92 Å². The van der Waals surface area contributed by atoms with Gasteiger partial charge in [0, 0.05) is 18.7 Å². The number of anilines is 1. The summed E-state index contributed by atoms with van der Waals surface area (Å²) in [4.78, 5) is 4.47. The molecular weight excluding hydrogens is 398 g/mol. The molecule has 9 heteroatoms. The number of benzene rings is 2. The molecule has 150 valence electrons. The minimum atomic E-state index is -3.75. The van der Waals surface area contributed by atoms with E-state index in [-0.39, 0.29) is 15.5 Å². The lowest BCUT2D eigenvalue weighted by molar-refractivity contribution is 0.591. The predicted octanol–water partition coefficient (Wildman–Crippen LogP) is 3.05. The van der Waals surface area contributed by atoms with E-state index < -0.39 is 20.0 Å². The van der Waals surface area contributed by atoms with Gasteiger partial charge in [0.2, 0.25) is 0 Å². The summed E-state index contributed by atoms with van der Waals surface area (Å²) in [6.07, 6.45) is 3.50. The number of nitrogens with one attached hydrogen (secondary N) is 2. The molecule has 0 bridgehead atoms. The number of amidine groups is 1. The van der Waals surface area contributed by atoms with Crippen molar-refractivity contribution < 1.29 is 16.8 Å². The average molecular weight is 422 g/mol. The zero-order valence-electron chi connectivity index (χ0n) is 15.6. The van der Waals surface area contributed by atoms with E-state index in [4.69, 9.17) is 0 Å². The first-order valence-corrected chi connectivity index (χ1v) is 12.0. The van der Waals surface area contributed by atoms with Crippen molar-refractivity contribution >= 4 is 31.6 Å². The Hall–Kier alpha value is -2.39. The van der Waals surface area contributed by atoms with Gasteiger partial charge in [-0.2, -0.15) is 0 Å². The monoisotopic (exact) mass is 421 g/mol. The van der Waals surface area contributed by atoms with Crippen LogP contribution in [-0.4, -0.2) is 29.2 Å². The van der Waals surface area contributed by atoms with Crippen LogP contribution in [0.5, 0.6) is 0 Å². The second kappa shape index (κ2) is 8.32. The van der Waals surface area contributed by atoms with Crippen LogP contribution < -0.4 is 9.44 Å². The number of hydrogen-bond acceptors (Lipinski definition) is 5. The third-order valence-electron chi connectivity index (χ3n) is 4.37. The zero-order valence-corrected chi connectivity index (χ0v) is 17.2. The van der Waals surface area contributed by atoms with Crippen molar-refractivity contribution in [2.24, 2.45) is 4.99 Å². The Labute approximate surface area is 166 Å². The van der Waals surface area contributed by atoms with E-state index in [2.05, 4.69) is 14.4 Å². The van der Waals surface area contributed by atoms with Crippen molar-refractivity contribution in [2.75, 3.05) is 11.3 Å². The van der Waals surface area contributed by atoms with Gasteiger partial charge in [-0.25, -0.2) is 16.8 Å². The number of aryl methyl sites for hydroxylation is 1. The Balaban J connectivity index is 1.73. The highest BCUT2D eigenvalue weighted by atomic mass is 32.2. The molecule has 3 rings (SSSR count). The van der Waals surface area contributed by atoms with Gasteiger partial charge in [-0.15, -0.1) is 0 Å². The fourth-order valence-electron chi connectivity index (χ4n) is 2.81. The molecule has 0 unspecified atom stereocenters. The topological polar surface area (TPSA) is 105 Å². The van der Waals surface area contributed by atoms with E-state index in [1.807, 2.05) is 6.92 Å². The van der Waals surface area contributed by atoms with Gasteiger partial charge in [0.05, 0.1) is 9.79 Å². The molecule has 0 amide bonds. The molecule has 28 heavy (non-hydrogen) atoms. The summed E-state index contributed by atoms with van der Waals surface area (Å²) in [5, 5.41) is 0. The lowest BCUT2D eigenvalue weighted by Crippen LogP contribution is -2.30. The van der Waals surface area contributed by atoms with Crippen LogP contribution in [0.4, 0.5) is 5.69 Å². The molecule has 2 N–H and O–H groups in total. The molecule has 1 aliphatic heterocycles. The van der Waals surface area contributed by atoms with Crippen LogP contribution in [0.1, 0.15) is 31.2 Å². The molecule has 0 atom stereocenters. The molecule has 1 aliphatic rings. The Bertz CT molecular complexity index is 1060. The SMILES string of the molecule is Cc1ccc(S(=O)(=O)Nc2ccc(S(=O)(=O)NC3=NCCCCC3)cc2)cc1. The van der Waals surface area contributed by atoms with Crippen LogP contribution in [0.15, 0.2) is 63.3 Å². The van der Waals surface area contributed by atoms with E-state index in [1.54, 1.807) is 12.1 Å². The summed E-state index contributed by atoms with van der Waals surface area (Å²) in [5.74, 6) is 0.474.